The van der Waals surface area contributed by atoms with Crippen LogP contribution >= 0.6 is 22.9 Å². The number of halogens is 2. The van der Waals surface area contributed by atoms with Crippen molar-refractivity contribution >= 4 is 55.0 Å². The molecule has 224 valence electrons. The molecule has 1 saturated heterocycles. The molecule has 0 radical (unpaired) electrons. The van der Waals surface area contributed by atoms with Gasteiger partial charge in [0.25, 0.3) is 0 Å². The molecule has 4 heterocycles. The van der Waals surface area contributed by atoms with Crippen LogP contribution in [0.5, 0.6) is 5.88 Å². The van der Waals surface area contributed by atoms with Gasteiger partial charge < -0.3 is 19.3 Å². The number of likely N-dealkylation sites (N-methyl/N-ethyl adjacent to an activating group) is 1. The number of carbonyl (C=O) groups excluding carboxylic acids is 1. The summed E-state index contributed by atoms with van der Waals surface area (Å²) in [5, 5.41) is 24.5. The van der Waals surface area contributed by atoms with E-state index in [1.165, 1.54) is 6.07 Å². The Balaban J connectivity index is 1.47. The van der Waals surface area contributed by atoms with Crippen LogP contribution in [0.25, 0.3) is 32.1 Å². The second-order valence-electron chi connectivity index (χ2n) is 11.8. The minimum Gasteiger partial charge on any atom is -0.476 e. The minimum atomic E-state index is -0.757. The molecule has 12 heteroatoms. The van der Waals surface area contributed by atoms with Gasteiger partial charge in [-0.1, -0.05) is 17.7 Å². The first-order valence-corrected chi connectivity index (χ1v) is 15.0. The molecule has 2 aliphatic heterocycles. The van der Waals surface area contributed by atoms with Crippen LogP contribution in [0, 0.1) is 17.1 Å². The SMILES string of the molecule is CN1C[C@H](O)C[C@H]1COc1ccc2c3c(c(-c4ccc(F)c5sc(NC(=O)OC(C)(C)C)c(C#N)c45)c(Cl)c2n1)COC3. The summed E-state index contributed by atoms with van der Waals surface area (Å²) in [6.07, 6.45) is -0.510. The molecule has 2 atom stereocenters. The first-order valence-electron chi connectivity index (χ1n) is 13.8. The maximum absolute atomic E-state index is 15.2. The number of thiophene rings is 1. The molecule has 2 aromatic carbocycles. The highest BCUT2D eigenvalue weighted by Crippen LogP contribution is 2.48. The third-order valence-electron chi connectivity index (χ3n) is 7.66. The monoisotopic (exact) mass is 624 g/mol. The maximum Gasteiger partial charge on any atom is 0.412 e. The third-order valence-corrected chi connectivity index (χ3v) is 9.14. The van der Waals surface area contributed by atoms with Gasteiger partial charge in [0.2, 0.25) is 5.88 Å². The summed E-state index contributed by atoms with van der Waals surface area (Å²) in [5.41, 5.74) is 2.71. The molecule has 0 saturated carbocycles. The van der Waals surface area contributed by atoms with E-state index in [0.717, 1.165) is 27.8 Å². The number of benzene rings is 2. The van der Waals surface area contributed by atoms with Crippen LogP contribution in [0.15, 0.2) is 24.3 Å². The topological polar surface area (TPSA) is 117 Å². The average Bonchev–Trinajstić information content (AvgIpc) is 3.64. The van der Waals surface area contributed by atoms with E-state index in [1.807, 2.05) is 13.1 Å². The van der Waals surface area contributed by atoms with E-state index in [1.54, 1.807) is 32.9 Å². The second-order valence-corrected chi connectivity index (χ2v) is 13.2. The van der Waals surface area contributed by atoms with E-state index in [9.17, 15) is 15.2 Å². The fourth-order valence-corrected chi connectivity index (χ4v) is 7.18. The number of pyridine rings is 1. The van der Waals surface area contributed by atoms with Crippen molar-refractivity contribution in [1.82, 2.24) is 9.88 Å². The number of aromatic nitrogens is 1. The quantitative estimate of drug-likeness (QED) is 0.255. The van der Waals surface area contributed by atoms with E-state index >= 15 is 4.39 Å². The average molecular weight is 625 g/mol. The van der Waals surface area contributed by atoms with Crippen molar-refractivity contribution in [3.05, 3.63) is 51.8 Å². The molecule has 2 aliphatic rings. The fourth-order valence-electron chi connectivity index (χ4n) is 5.75. The summed E-state index contributed by atoms with van der Waals surface area (Å²) < 4.78 is 32.7. The summed E-state index contributed by atoms with van der Waals surface area (Å²) in [6, 6.07) is 8.83. The van der Waals surface area contributed by atoms with E-state index in [4.69, 9.17) is 30.8 Å². The van der Waals surface area contributed by atoms with Crippen molar-refractivity contribution in [2.24, 2.45) is 0 Å². The van der Waals surface area contributed by atoms with Crippen LogP contribution in [0.2, 0.25) is 5.02 Å². The zero-order valence-corrected chi connectivity index (χ0v) is 25.7. The molecule has 43 heavy (non-hydrogen) atoms. The largest absolute Gasteiger partial charge is 0.476 e. The second kappa shape index (κ2) is 11.2. The number of rotatable bonds is 5. The number of aliphatic hydroxyl groups excluding tert-OH is 1. The molecule has 4 aromatic rings. The number of hydrogen-bond donors (Lipinski definition) is 2. The number of amides is 1. The number of nitrogens with zero attached hydrogens (tertiary/aromatic N) is 3. The lowest BCUT2D eigenvalue weighted by atomic mass is 9.91. The van der Waals surface area contributed by atoms with Crippen molar-refractivity contribution in [2.45, 2.75) is 58.2 Å². The molecule has 9 nitrogen and oxygen atoms in total. The number of β-amino-alcohol motifs (C(OH)–C–C–N with tert-alkyl or cyclic N) is 1. The van der Waals surface area contributed by atoms with Crippen molar-refractivity contribution < 1.29 is 28.5 Å². The molecule has 6 rings (SSSR count). The Morgan fingerprint density at radius 1 is 1.30 bits per heavy atom. The molecule has 2 N–H and O–H groups in total. The van der Waals surface area contributed by atoms with Crippen molar-refractivity contribution in [2.75, 3.05) is 25.5 Å². The van der Waals surface area contributed by atoms with Gasteiger partial charge in [-0.3, -0.25) is 10.2 Å². The zero-order valence-electron chi connectivity index (χ0n) is 24.1. The van der Waals surface area contributed by atoms with Crippen molar-refractivity contribution in [3.63, 3.8) is 0 Å². The Labute approximate surface area is 256 Å². The smallest absolute Gasteiger partial charge is 0.412 e. The molecule has 0 spiro atoms. The predicted octanol–water partition coefficient (Wildman–Crippen LogP) is 6.60. The number of anilines is 1. The Hall–Kier alpha value is -3.53. The summed E-state index contributed by atoms with van der Waals surface area (Å²) in [6.45, 7) is 6.76. The molecule has 1 amide bonds. The predicted molar refractivity (Wildman–Crippen MR) is 163 cm³/mol. The number of ether oxygens (including phenoxy) is 3. The Bertz CT molecular complexity index is 1810. The minimum absolute atomic E-state index is 0.0610. The van der Waals surface area contributed by atoms with Crippen LogP contribution in [-0.2, 0) is 22.7 Å². The van der Waals surface area contributed by atoms with Gasteiger partial charge in [0.1, 0.15) is 29.1 Å². The van der Waals surface area contributed by atoms with Crippen molar-refractivity contribution in [1.29, 1.82) is 5.26 Å². The Morgan fingerprint density at radius 2 is 2.07 bits per heavy atom. The lowest BCUT2D eigenvalue weighted by Gasteiger charge is -2.19. The Kier molecular flexibility index (Phi) is 7.69. The third kappa shape index (κ3) is 5.50. The first kappa shape index (κ1) is 29.5. The molecular weight excluding hydrogens is 595 g/mol. The number of carbonyl (C=O) groups is 1. The van der Waals surface area contributed by atoms with Gasteiger partial charge in [0, 0.05) is 35.0 Å². The van der Waals surface area contributed by atoms with Gasteiger partial charge in [0.15, 0.2) is 0 Å². The van der Waals surface area contributed by atoms with Gasteiger partial charge in [0.05, 0.1) is 40.1 Å². The summed E-state index contributed by atoms with van der Waals surface area (Å²) in [4.78, 5) is 19.4. The molecule has 2 aromatic heterocycles. The highest BCUT2D eigenvalue weighted by Gasteiger charge is 2.30. The normalized spacial score (nSPS) is 18.7. The van der Waals surface area contributed by atoms with Crippen LogP contribution in [0.1, 0.15) is 43.9 Å². The molecule has 0 bridgehead atoms. The van der Waals surface area contributed by atoms with Crippen LogP contribution in [-0.4, -0.2) is 59.0 Å². The highest BCUT2D eigenvalue weighted by molar-refractivity contribution is 7.23. The van der Waals surface area contributed by atoms with Gasteiger partial charge >= 0.3 is 6.09 Å². The Morgan fingerprint density at radius 3 is 2.77 bits per heavy atom. The van der Waals surface area contributed by atoms with E-state index in [2.05, 4.69) is 16.3 Å². The van der Waals surface area contributed by atoms with E-state index in [0.29, 0.717) is 59.1 Å². The summed E-state index contributed by atoms with van der Waals surface area (Å²) >= 11 is 8.08. The number of fused-ring (bicyclic) bond motifs is 4. The standard InChI is InChI=1S/C31H30ClFN4O5S/c1-31(2,3)42-30(39)36-29-19(10-34)25-18(5-7-22(33)28(25)43-29)24-21-14-40-13-20(21)17-6-8-23(35-27(17)26(24)32)41-12-15-9-16(38)11-37(15)4/h5-8,15-16,38H,9,11-14H2,1-4H3,(H,36,39)/t15-,16+/m0/s1. The number of nitriles is 1. The first-order chi connectivity index (χ1) is 20.4. The summed E-state index contributed by atoms with van der Waals surface area (Å²) in [7, 11) is 1.95. The fraction of sp³-hybridized carbons (Fsp3) is 0.387. The summed E-state index contributed by atoms with van der Waals surface area (Å²) in [5.74, 6) is -0.145. The molecule has 1 fully saturated rings. The van der Waals surface area contributed by atoms with Gasteiger partial charge in [-0.25, -0.2) is 14.2 Å². The zero-order chi connectivity index (χ0) is 30.6. The lowest BCUT2D eigenvalue weighted by molar-refractivity contribution is 0.0636. The van der Waals surface area contributed by atoms with Gasteiger partial charge in [-0.05, 0) is 63.1 Å². The van der Waals surface area contributed by atoms with Crippen LogP contribution < -0.4 is 10.1 Å². The van der Waals surface area contributed by atoms with Crippen molar-refractivity contribution in [3.8, 4) is 23.1 Å². The molecular formula is C31H30ClFN4O5S. The number of hydrogen-bond acceptors (Lipinski definition) is 9. The maximum atomic E-state index is 15.2. The highest BCUT2D eigenvalue weighted by atomic mass is 35.5. The van der Waals surface area contributed by atoms with Gasteiger partial charge in [-0.2, -0.15) is 5.26 Å². The molecule has 0 aliphatic carbocycles. The van der Waals surface area contributed by atoms with Crippen LogP contribution in [0.4, 0.5) is 14.2 Å². The van der Waals surface area contributed by atoms with Crippen LogP contribution in [0.3, 0.4) is 0 Å². The van der Waals surface area contributed by atoms with E-state index in [-0.39, 0.29) is 34.0 Å². The molecule has 0 unspecified atom stereocenters. The number of aliphatic hydroxyl groups is 1. The number of nitrogens with one attached hydrogen (secondary N) is 1. The van der Waals surface area contributed by atoms with Gasteiger partial charge in [-0.15, -0.1) is 11.3 Å². The lowest BCUT2D eigenvalue weighted by Crippen LogP contribution is -2.30. The number of likely N-dealkylation sites (tertiary alicyclic amines) is 1. The van der Waals surface area contributed by atoms with E-state index < -0.39 is 17.5 Å².